The van der Waals surface area contributed by atoms with Crippen LogP contribution in [0.5, 0.6) is 0 Å². The van der Waals surface area contributed by atoms with E-state index in [0.717, 1.165) is 12.8 Å². The Morgan fingerprint density at radius 2 is 2.06 bits per heavy atom. The lowest BCUT2D eigenvalue weighted by Crippen LogP contribution is -2.45. The van der Waals surface area contributed by atoms with Gasteiger partial charge in [0.1, 0.15) is 5.02 Å². The molecule has 3 N–H and O–H groups in total. The molecule has 0 aliphatic rings. The highest BCUT2D eigenvalue weighted by molar-refractivity contribution is 6.32. The monoisotopic (exact) mass is 272 g/mol. The summed E-state index contributed by atoms with van der Waals surface area (Å²) in [6.45, 7) is 7.00. The smallest absolute Gasteiger partial charge is 0.287 e. The summed E-state index contributed by atoms with van der Waals surface area (Å²) in [5.74, 6) is 0. The van der Waals surface area contributed by atoms with Gasteiger partial charge in [0, 0.05) is 18.6 Å². The van der Waals surface area contributed by atoms with E-state index in [4.69, 9.17) is 17.3 Å². The van der Waals surface area contributed by atoms with Gasteiger partial charge in [-0.1, -0.05) is 25.4 Å². The Bertz CT molecular complexity index is 454. The number of rotatable bonds is 6. The Hall–Kier alpha value is -1.07. The summed E-state index contributed by atoms with van der Waals surface area (Å²) in [6, 6.07) is 0. The number of halogens is 1. The molecule has 0 aromatic carbocycles. The number of hydrogen-bond donors (Lipinski definition) is 2. The maximum Gasteiger partial charge on any atom is 0.287 e. The van der Waals surface area contributed by atoms with Gasteiger partial charge in [0.2, 0.25) is 0 Å². The third-order valence-corrected chi connectivity index (χ3v) is 3.69. The SMILES string of the molecule is CCn1ncc(NCC(N)(CC)CC)c(Cl)c1=O. The quantitative estimate of drug-likeness (QED) is 0.829. The van der Waals surface area contributed by atoms with Gasteiger partial charge in [0.15, 0.2) is 0 Å². The second-order valence-electron chi connectivity index (χ2n) is 4.42. The minimum atomic E-state index is -0.289. The molecule has 1 aromatic heterocycles. The van der Waals surface area contributed by atoms with Crippen molar-refractivity contribution in [1.29, 1.82) is 0 Å². The molecule has 1 heterocycles. The van der Waals surface area contributed by atoms with Gasteiger partial charge < -0.3 is 11.1 Å². The first-order valence-electron chi connectivity index (χ1n) is 6.25. The normalized spacial score (nSPS) is 11.6. The fraction of sp³-hybridized carbons (Fsp3) is 0.667. The van der Waals surface area contributed by atoms with Crippen molar-refractivity contribution in [2.45, 2.75) is 45.7 Å². The lowest BCUT2D eigenvalue weighted by molar-refractivity contribution is 0.418. The van der Waals surface area contributed by atoms with Crippen molar-refractivity contribution < 1.29 is 0 Å². The molecule has 0 radical (unpaired) electrons. The van der Waals surface area contributed by atoms with Crippen LogP contribution in [0.1, 0.15) is 33.6 Å². The molecule has 0 amide bonds. The van der Waals surface area contributed by atoms with Crippen LogP contribution in [0.3, 0.4) is 0 Å². The zero-order valence-electron chi connectivity index (χ0n) is 11.2. The third kappa shape index (κ3) is 3.23. The molecule has 0 unspecified atom stereocenters. The largest absolute Gasteiger partial charge is 0.381 e. The Kier molecular flexibility index (Phi) is 5.16. The van der Waals surface area contributed by atoms with Crippen molar-refractivity contribution in [3.8, 4) is 0 Å². The number of nitrogens with zero attached hydrogens (tertiary/aromatic N) is 2. The molecule has 1 rings (SSSR count). The van der Waals surface area contributed by atoms with Crippen molar-refractivity contribution in [1.82, 2.24) is 9.78 Å². The van der Waals surface area contributed by atoms with Crippen molar-refractivity contribution in [3.63, 3.8) is 0 Å². The molecule has 0 aliphatic carbocycles. The predicted octanol–water partition coefficient (Wildman–Crippen LogP) is 1.85. The van der Waals surface area contributed by atoms with Crippen LogP contribution < -0.4 is 16.6 Å². The standard InChI is InChI=1S/C12H21ClN4O/c1-4-12(14,5-2)8-15-9-7-16-17(6-3)11(18)10(9)13/h7,15H,4-6,8,14H2,1-3H3. The summed E-state index contributed by atoms with van der Waals surface area (Å²) in [5.41, 5.74) is 6.16. The van der Waals surface area contributed by atoms with Crippen molar-refractivity contribution in [3.05, 3.63) is 21.6 Å². The molecule has 0 atom stereocenters. The van der Waals surface area contributed by atoms with Crippen LogP contribution in [0.4, 0.5) is 5.69 Å². The highest BCUT2D eigenvalue weighted by Crippen LogP contribution is 2.18. The maximum atomic E-state index is 11.8. The Labute approximate surface area is 112 Å². The van der Waals surface area contributed by atoms with Crippen LogP contribution in [0, 0.1) is 0 Å². The number of nitrogens with one attached hydrogen (secondary N) is 1. The Balaban J connectivity index is 2.87. The molecule has 6 heteroatoms. The average molecular weight is 273 g/mol. The number of hydrogen-bond acceptors (Lipinski definition) is 4. The third-order valence-electron chi connectivity index (χ3n) is 3.32. The summed E-state index contributed by atoms with van der Waals surface area (Å²) in [5, 5.41) is 7.31. The number of aromatic nitrogens is 2. The zero-order valence-corrected chi connectivity index (χ0v) is 11.9. The second kappa shape index (κ2) is 6.20. The van der Waals surface area contributed by atoms with Crippen molar-refractivity contribution in [2.75, 3.05) is 11.9 Å². The van der Waals surface area contributed by atoms with E-state index in [0.29, 0.717) is 18.8 Å². The van der Waals surface area contributed by atoms with E-state index in [1.165, 1.54) is 4.68 Å². The van der Waals surface area contributed by atoms with Gasteiger partial charge in [-0.2, -0.15) is 5.10 Å². The summed E-state index contributed by atoms with van der Waals surface area (Å²) in [4.78, 5) is 11.8. The molecule has 0 fully saturated rings. The summed E-state index contributed by atoms with van der Waals surface area (Å²) in [7, 11) is 0. The van der Waals surface area contributed by atoms with Gasteiger partial charge in [-0.05, 0) is 19.8 Å². The van der Waals surface area contributed by atoms with Crippen LogP contribution in [0.15, 0.2) is 11.0 Å². The summed E-state index contributed by atoms with van der Waals surface area (Å²) >= 11 is 6.02. The molecule has 18 heavy (non-hydrogen) atoms. The molecule has 0 bridgehead atoms. The van der Waals surface area contributed by atoms with E-state index >= 15 is 0 Å². The van der Waals surface area contributed by atoms with Gasteiger partial charge in [0.25, 0.3) is 5.56 Å². The fourth-order valence-electron chi connectivity index (χ4n) is 1.58. The number of nitrogens with two attached hydrogens (primary N) is 1. The highest BCUT2D eigenvalue weighted by atomic mass is 35.5. The van der Waals surface area contributed by atoms with Crippen LogP contribution in [-0.2, 0) is 6.54 Å². The van der Waals surface area contributed by atoms with E-state index < -0.39 is 0 Å². The van der Waals surface area contributed by atoms with E-state index in [2.05, 4.69) is 10.4 Å². The van der Waals surface area contributed by atoms with Crippen molar-refractivity contribution in [2.24, 2.45) is 5.73 Å². The van der Waals surface area contributed by atoms with Gasteiger partial charge in [0.05, 0.1) is 11.9 Å². The van der Waals surface area contributed by atoms with E-state index in [9.17, 15) is 4.79 Å². The van der Waals surface area contributed by atoms with Crippen LogP contribution in [-0.4, -0.2) is 21.9 Å². The van der Waals surface area contributed by atoms with Crippen LogP contribution in [0.25, 0.3) is 0 Å². The van der Waals surface area contributed by atoms with Crippen LogP contribution in [0.2, 0.25) is 5.02 Å². The molecule has 1 aromatic rings. The van der Waals surface area contributed by atoms with Gasteiger partial charge in [-0.25, -0.2) is 4.68 Å². The van der Waals surface area contributed by atoms with Gasteiger partial charge in [-0.3, -0.25) is 4.79 Å². The first-order valence-corrected chi connectivity index (χ1v) is 6.63. The zero-order chi connectivity index (χ0) is 13.8. The van der Waals surface area contributed by atoms with Gasteiger partial charge in [-0.15, -0.1) is 0 Å². The van der Waals surface area contributed by atoms with E-state index in [1.807, 2.05) is 20.8 Å². The molecular weight excluding hydrogens is 252 g/mol. The predicted molar refractivity (Wildman–Crippen MR) is 75.2 cm³/mol. The second-order valence-corrected chi connectivity index (χ2v) is 4.79. The molecule has 102 valence electrons. The Morgan fingerprint density at radius 3 is 2.56 bits per heavy atom. The average Bonchev–Trinajstić information content (AvgIpc) is 2.40. The molecule has 0 aliphatic heterocycles. The lowest BCUT2D eigenvalue weighted by Gasteiger charge is -2.27. The van der Waals surface area contributed by atoms with Crippen molar-refractivity contribution >= 4 is 17.3 Å². The minimum absolute atomic E-state index is 0.168. The highest BCUT2D eigenvalue weighted by Gasteiger charge is 2.20. The first-order chi connectivity index (χ1) is 8.47. The molecular formula is C12H21ClN4O. The fourth-order valence-corrected chi connectivity index (χ4v) is 1.80. The molecule has 0 saturated heterocycles. The van der Waals surface area contributed by atoms with Crippen LogP contribution >= 0.6 is 11.6 Å². The minimum Gasteiger partial charge on any atom is -0.381 e. The van der Waals surface area contributed by atoms with Gasteiger partial charge >= 0.3 is 0 Å². The summed E-state index contributed by atoms with van der Waals surface area (Å²) in [6.07, 6.45) is 3.28. The van der Waals surface area contributed by atoms with E-state index in [1.54, 1.807) is 6.20 Å². The summed E-state index contributed by atoms with van der Waals surface area (Å²) < 4.78 is 1.32. The first kappa shape index (κ1) is 15.0. The lowest BCUT2D eigenvalue weighted by atomic mass is 9.94. The number of anilines is 1. The number of aryl methyl sites for hydroxylation is 1. The molecule has 5 nitrogen and oxygen atoms in total. The Morgan fingerprint density at radius 1 is 1.44 bits per heavy atom. The molecule has 0 spiro atoms. The maximum absolute atomic E-state index is 11.8. The van der Waals surface area contributed by atoms with E-state index in [-0.39, 0.29) is 16.1 Å². The topological polar surface area (TPSA) is 72.9 Å². The molecule has 0 saturated carbocycles.